The Hall–Kier alpha value is -6.31. The number of para-hydroxylation sites is 2. The van der Waals surface area contributed by atoms with E-state index in [0.717, 1.165) is 22.1 Å². The SMILES string of the molecule is CC(C)(C)[Si](OCC1OC(Sc2nc3ccccc3o2)C(OC(=O)c2ccccc2)C(OC(=O)c2ccccc2)C1OC(=O)c1ccccc1)(c1ccccc1)c1ccccc1. The molecule has 10 nitrogen and oxygen atoms in total. The van der Waals surface area contributed by atoms with Gasteiger partial charge in [-0.1, -0.05) is 148 Å². The van der Waals surface area contributed by atoms with Crippen molar-refractivity contribution in [2.24, 2.45) is 0 Å². The number of esters is 3. The summed E-state index contributed by atoms with van der Waals surface area (Å²) < 4.78 is 39.8. The zero-order valence-electron chi connectivity index (χ0n) is 34.4. The smallest absolute Gasteiger partial charge is 0.338 e. The van der Waals surface area contributed by atoms with Crippen molar-refractivity contribution in [2.75, 3.05) is 6.61 Å². The first-order valence-electron chi connectivity index (χ1n) is 20.3. The van der Waals surface area contributed by atoms with Gasteiger partial charge in [0.25, 0.3) is 13.5 Å². The molecule has 2 heterocycles. The summed E-state index contributed by atoms with van der Waals surface area (Å²) in [6, 6.07) is 52.9. The minimum Gasteiger partial charge on any atom is -0.452 e. The third-order valence-electron chi connectivity index (χ3n) is 10.7. The first-order chi connectivity index (χ1) is 30.1. The molecule has 1 fully saturated rings. The Morgan fingerprint density at radius 2 is 0.984 bits per heavy atom. The first kappa shape index (κ1) is 42.4. The van der Waals surface area contributed by atoms with Crippen LogP contribution >= 0.6 is 11.8 Å². The largest absolute Gasteiger partial charge is 0.452 e. The monoisotopic (exact) mass is 863 g/mol. The lowest BCUT2D eigenvalue weighted by Crippen LogP contribution is -2.68. The van der Waals surface area contributed by atoms with Gasteiger partial charge in [0.1, 0.15) is 11.6 Å². The van der Waals surface area contributed by atoms with Gasteiger partial charge in [0, 0.05) is 0 Å². The summed E-state index contributed by atoms with van der Waals surface area (Å²) in [6.45, 7) is 6.35. The molecular weight excluding hydrogens is 819 g/mol. The maximum absolute atomic E-state index is 14.2. The Balaban J connectivity index is 1.27. The summed E-state index contributed by atoms with van der Waals surface area (Å²) in [4.78, 5) is 47.2. The van der Waals surface area contributed by atoms with Crippen LogP contribution in [0.3, 0.4) is 0 Å². The first-order valence-corrected chi connectivity index (χ1v) is 23.1. The summed E-state index contributed by atoms with van der Waals surface area (Å²) in [5, 5.41) is 1.83. The van der Waals surface area contributed by atoms with Crippen LogP contribution in [0, 0.1) is 0 Å². The molecule has 0 radical (unpaired) electrons. The van der Waals surface area contributed by atoms with E-state index in [1.807, 2.05) is 54.6 Å². The van der Waals surface area contributed by atoms with E-state index in [1.54, 1.807) is 97.1 Å². The lowest BCUT2D eigenvalue weighted by atomic mass is 9.98. The van der Waals surface area contributed by atoms with Gasteiger partial charge in [0.15, 0.2) is 29.3 Å². The number of ether oxygens (including phenoxy) is 4. The molecule has 6 aromatic carbocycles. The highest BCUT2D eigenvalue weighted by Gasteiger charge is 2.56. The minimum atomic E-state index is -3.23. The van der Waals surface area contributed by atoms with Crippen molar-refractivity contribution >= 4 is 59.5 Å². The number of carbonyl (C=O) groups excluding carboxylic acids is 3. The van der Waals surface area contributed by atoms with Gasteiger partial charge in [-0.15, -0.1) is 0 Å². The summed E-state index contributed by atoms with van der Waals surface area (Å²) in [5.74, 6) is -2.14. The van der Waals surface area contributed by atoms with Gasteiger partial charge in [-0.25, -0.2) is 19.4 Å². The Kier molecular flexibility index (Phi) is 12.8. The molecule has 1 aliphatic heterocycles. The van der Waals surface area contributed by atoms with Gasteiger partial charge in [-0.05, 0) is 75.7 Å². The lowest BCUT2D eigenvalue weighted by molar-refractivity contribution is -0.206. The van der Waals surface area contributed by atoms with Crippen LogP contribution < -0.4 is 10.4 Å². The number of hydrogen-bond donors (Lipinski definition) is 0. The van der Waals surface area contributed by atoms with Crippen LogP contribution in [-0.2, 0) is 23.4 Å². The molecule has 0 spiro atoms. The molecule has 12 heteroatoms. The molecule has 1 aliphatic rings. The van der Waals surface area contributed by atoms with Crippen LogP contribution in [0.1, 0.15) is 51.8 Å². The van der Waals surface area contributed by atoms with E-state index in [9.17, 15) is 14.4 Å². The van der Waals surface area contributed by atoms with Crippen LogP contribution in [0.2, 0.25) is 5.04 Å². The molecule has 0 bridgehead atoms. The van der Waals surface area contributed by atoms with E-state index >= 15 is 0 Å². The van der Waals surface area contributed by atoms with Crippen molar-refractivity contribution in [1.29, 1.82) is 0 Å². The van der Waals surface area contributed by atoms with E-state index in [4.69, 9.17) is 32.8 Å². The number of oxazole rings is 1. The highest BCUT2D eigenvalue weighted by atomic mass is 32.2. The number of carbonyl (C=O) groups is 3. The quantitative estimate of drug-likeness (QED) is 0.0628. The second kappa shape index (κ2) is 18.8. The maximum Gasteiger partial charge on any atom is 0.338 e. The van der Waals surface area contributed by atoms with Crippen LogP contribution in [0.25, 0.3) is 11.1 Å². The van der Waals surface area contributed by atoms with E-state index in [1.165, 1.54) is 0 Å². The Morgan fingerprint density at radius 3 is 1.45 bits per heavy atom. The van der Waals surface area contributed by atoms with Gasteiger partial charge >= 0.3 is 17.9 Å². The van der Waals surface area contributed by atoms with Crippen molar-refractivity contribution in [3.8, 4) is 0 Å². The molecule has 0 amide bonds. The zero-order chi connectivity index (χ0) is 43.1. The molecule has 0 saturated carbocycles. The van der Waals surface area contributed by atoms with Crippen molar-refractivity contribution < 1.29 is 42.2 Å². The average Bonchev–Trinajstić information content (AvgIpc) is 3.72. The Labute approximate surface area is 365 Å². The molecule has 7 aromatic rings. The van der Waals surface area contributed by atoms with Gasteiger partial charge in [-0.3, -0.25) is 0 Å². The molecule has 1 aromatic heterocycles. The second-order valence-corrected chi connectivity index (χ2v) is 21.1. The zero-order valence-corrected chi connectivity index (χ0v) is 36.2. The van der Waals surface area contributed by atoms with E-state index in [2.05, 4.69) is 45.0 Å². The average molecular weight is 864 g/mol. The summed E-state index contributed by atoms with van der Waals surface area (Å²) in [5.41, 5.74) is 0.774. The predicted octanol–water partition coefficient (Wildman–Crippen LogP) is 8.90. The Morgan fingerprint density at radius 1 is 0.565 bits per heavy atom. The summed E-state index contributed by atoms with van der Waals surface area (Å²) in [6.07, 6.45) is -5.24. The topological polar surface area (TPSA) is 123 Å². The number of fused-ring (bicyclic) bond motifs is 1. The number of rotatable bonds is 13. The number of benzene rings is 6. The van der Waals surface area contributed by atoms with Crippen molar-refractivity contribution in [3.63, 3.8) is 0 Å². The van der Waals surface area contributed by atoms with Crippen LogP contribution in [0.5, 0.6) is 0 Å². The molecular formula is C50H45NO9SSi. The van der Waals surface area contributed by atoms with Crippen molar-refractivity contribution in [2.45, 2.75) is 60.9 Å². The summed E-state index contributed by atoms with van der Waals surface area (Å²) in [7, 11) is -3.23. The van der Waals surface area contributed by atoms with Crippen molar-refractivity contribution in [3.05, 3.63) is 193 Å². The lowest BCUT2D eigenvalue weighted by Gasteiger charge is -2.47. The molecule has 0 N–H and O–H groups in total. The number of hydrogen-bond acceptors (Lipinski definition) is 11. The van der Waals surface area contributed by atoms with Gasteiger partial charge < -0.3 is 27.8 Å². The minimum absolute atomic E-state index is 0.122. The molecule has 314 valence electrons. The van der Waals surface area contributed by atoms with Gasteiger partial charge in [-0.2, -0.15) is 0 Å². The maximum atomic E-state index is 14.2. The molecule has 0 aliphatic carbocycles. The fourth-order valence-electron chi connectivity index (χ4n) is 7.78. The predicted molar refractivity (Wildman–Crippen MR) is 239 cm³/mol. The molecule has 5 unspecified atom stereocenters. The molecule has 62 heavy (non-hydrogen) atoms. The summed E-state index contributed by atoms with van der Waals surface area (Å²) >= 11 is 1.06. The van der Waals surface area contributed by atoms with Gasteiger partial charge in [0.2, 0.25) is 0 Å². The van der Waals surface area contributed by atoms with E-state index in [-0.39, 0.29) is 28.5 Å². The molecule has 1 saturated heterocycles. The second-order valence-electron chi connectivity index (χ2n) is 15.8. The number of aromatic nitrogens is 1. The third-order valence-corrected chi connectivity index (χ3v) is 16.7. The molecule has 5 atom stereocenters. The van der Waals surface area contributed by atoms with E-state index in [0.29, 0.717) is 11.1 Å². The van der Waals surface area contributed by atoms with Gasteiger partial charge in [0.05, 0.1) is 23.3 Å². The van der Waals surface area contributed by atoms with E-state index < -0.39 is 61.1 Å². The number of nitrogens with zero attached hydrogens (tertiary/aromatic N) is 1. The normalized spacial score (nSPS) is 19.0. The standard InChI is InChI=1S/C50H45NO9SSi/c1-50(2,3)62(37-27-15-7-16-28-37,38-29-17-8-18-30-38)55-33-41-42(58-45(52)34-21-9-4-10-22-34)43(59-46(53)35-23-11-5-12-24-35)44(60-47(54)36-25-13-6-14-26-36)48(56-41)61-49-51-39-31-19-20-32-40(39)57-49/h4-32,41-44,48H,33H2,1-3H3. The third kappa shape index (κ3) is 9.14. The Bertz CT molecular complexity index is 2520. The fraction of sp³-hybridized carbons (Fsp3) is 0.200. The molecule has 8 rings (SSSR count). The van der Waals surface area contributed by atoms with Crippen LogP contribution in [0.15, 0.2) is 186 Å². The number of thioether (sulfide) groups is 1. The highest BCUT2D eigenvalue weighted by molar-refractivity contribution is 7.99. The van der Waals surface area contributed by atoms with Crippen molar-refractivity contribution in [1.82, 2.24) is 4.98 Å². The van der Waals surface area contributed by atoms with Crippen LogP contribution in [0.4, 0.5) is 0 Å². The highest BCUT2D eigenvalue weighted by Crippen LogP contribution is 2.41. The van der Waals surface area contributed by atoms with Crippen LogP contribution in [-0.4, -0.2) is 67.7 Å². The fourth-order valence-corrected chi connectivity index (χ4v) is 13.4.